The molecule has 1 aliphatic rings. The van der Waals surface area contributed by atoms with E-state index in [0.717, 1.165) is 22.3 Å². The van der Waals surface area contributed by atoms with Crippen molar-refractivity contribution in [1.82, 2.24) is 0 Å². The molecule has 0 unspecified atom stereocenters. The van der Waals surface area contributed by atoms with E-state index < -0.39 is 0 Å². The molecule has 2 aromatic carbocycles. The van der Waals surface area contributed by atoms with Crippen molar-refractivity contribution in [3.8, 4) is 11.1 Å². The molecule has 2 aromatic rings. The van der Waals surface area contributed by atoms with E-state index in [9.17, 15) is 0 Å². The zero-order chi connectivity index (χ0) is 13.1. The lowest BCUT2D eigenvalue weighted by Crippen LogP contribution is -1.97. The van der Waals surface area contributed by atoms with Crippen LogP contribution in [0.1, 0.15) is 11.1 Å². The van der Waals surface area contributed by atoms with Crippen LogP contribution in [0.2, 0.25) is 0 Å². The Kier molecular flexibility index (Phi) is 3.16. The minimum Gasteiger partial charge on any atom is -0.392 e. The van der Waals surface area contributed by atoms with Gasteiger partial charge in [-0.2, -0.15) is 5.11 Å². The number of amidine groups is 1. The predicted molar refractivity (Wildman–Crippen MR) is 74.1 cm³/mol. The first-order valence-corrected chi connectivity index (χ1v) is 6.10. The summed E-state index contributed by atoms with van der Waals surface area (Å²) in [6.07, 6.45) is 0. The second kappa shape index (κ2) is 5.12. The van der Waals surface area contributed by atoms with Crippen LogP contribution in [0.4, 0.5) is 0 Å². The van der Waals surface area contributed by atoms with Crippen LogP contribution < -0.4 is 0 Å². The van der Waals surface area contributed by atoms with Crippen molar-refractivity contribution in [2.24, 2.45) is 15.2 Å². The van der Waals surface area contributed by atoms with E-state index in [4.69, 9.17) is 5.11 Å². The second-order valence-electron chi connectivity index (χ2n) is 4.27. The molecule has 19 heavy (non-hydrogen) atoms. The maximum Gasteiger partial charge on any atom is 0.179 e. The number of rotatable bonds is 3. The van der Waals surface area contributed by atoms with Gasteiger partial charge in [-0.25, -0.2) is 4.99 Å². The van der Waals surface area contributed by atoms with Gasteiger partial charge in [0.15, 0.2) is 12.5 Å². The number of benzene rings is 2. The first-order chi connectivity index (χ1) is 9.38. The van der Waals surface area contributed by atoms with E-state index in [-0.39, 0.29) is 6.61 Å². The summed E-state index contributed by atoms with van der Waals surface area (Å²) in [6.45, 7) is 0.468. The Bertz CT molecular complexity index is 645. The van der Waals surface area contributed by atoms with Gasteiger partial charge in [-0.1, -0.05) is 48.5 Å². The molecule has 0 aromatic heterocycles. The Morgan fingerprint density at radius 1 is 0.947 bits per heavy atom. The van der Waals surface area contributed by atoms with Crippen LogP contribution in [0.25, 0.3) is 11.1 Å². The van der Waals surface area contributed by atoms with E-state index in [1.54, 1.807) is 0 Å². The molecule has 0 saturated heterocycles. The molecule has 3 rings (SSSR count). The normalized spacial score (nSPS) is 13.6. The van der Waals surface area contributed by atoms with Crippen molar-refractivity contribution in [2.75, 3.05) is 6.67 Å². The molecule has 1 heterocycles. The molecule has 0 spiro atoms. The van der Waals surface area contributed by atoms with Gasteiger partial charge in [0.2, 0.25) is 0 Å². The zero-order valence-electron chi connectivity index (χ0n) is 10.3. The lowest BCUT2D eigenvalue weighted by molar-refractivity contribution is 0.282. The summed E-state index contributed by atoms with van der Waals surface area (Å²) in [5.41, 5.74) is 4.05. The molecule has 0 fully saturated rings. The highest BCUT2D eigenvalue weighted by Gasteiger charge is 2.12. The minimum atomic E-state index is 0.0584. The standard InChI is InChI=1S/C15H13N3O/c19-9-11-5-7-12(8-6-11)13-3-1-2-4-14(13)15-16-10-17-18-15/h1-8,19H,9-10H2. The zero-order valence-corrected chi connectivity index (χ0v) is 10.3. The monoisotopic (exact) mass is 251 g/mol. The Hall–Kier alpha value is -2.33. The first kappa shape index (κ1) is 11.7. The molecule has 1 aliphatic heterocycles. The van der Waals surface area contributed by atoms with Crippen molar-refractivity contribution in [3.05, 3.63) is 59.7 Å². The van der Waals surface area contributed by atoms with Gasteiger partial charge in [-0.3, -0.25) is 0 Å². The van der Waals surface area contributed by atoms with E-state index in [1.807, 2.05) is 48.5 Å². The van der Waals surface area contributed by atoms with Crippen LogP contribution in [0.3, 0.4) is 0 Å². The lowest BCUT2D eigenvalue weighted by Gasteiger charge is -2.08. The topological polar surface area (TPSA) is 57.3 Å². The number of hydrogen-bond donors (Lipinski definition) is 1. The van der Waals surface area contributed by atoms with Gasteiger partial charge in [-0.05, 0) is 16.7 Å². The highest BCUT2D eigenvalue weighted by atomic mass is 16.3. The van der Waals surface area contributed by atoms with Crippen molar-refractivity contribution < 1.29 is 5.11 Å². The summed E-state index contributed by atoms with van der Waals surface area (Å²) in [7, 11) is 0. The highest BCUT2D eigenvalue weighted by molar-refractivity contribution is 6.05. The molecule has 0 aliphatic carbocycles. The minimum absolute atomic E-state index is 0.0584. The van der Waals surface area contributed by atoms with Crippen molar-refractivity contribution in [1.29, 1.82) is 0 Å². The molecular weight excluding hydrogens is 238 g/mol. The first-order valence-electron chi connectivity index (χ1n) is 6.10. The van der Waals surface area contributed by atoms with Crippen LogP contribution >= 0.6 is 0 Å². The van der Waals surface area contributed by atoms with Crippen molar-refractivity contribution in [2.45, 2.75) is 6.61 Å². The van der Waals surface area contributed by atoms with Crippen LogP contribution in [0, 0.1) is 0 Å². The fourth-order valence-corrected chi connectivity index (χ4v) is 2.09. The van der Waals surface area contributed by atoms with Crippen LogP contribution in [0.15, 0.2) is 63.8 Å². The van der Waals surface area contributed by atoms with Gasteiger partial charge in [0, 0.05) is 5.56 Å². The molecular formula is C15H13N3O. The van der Waals surface area contributed by atoms with Crippen LogP contribution in [-0.2, 0) is 6.61 Å². The predicted octanol–water partition coefficient (Wildman–Crippen LogP) is 3.02. The number of hydrogen-bond acceptors (Lipinski definition) is 4. The summed E-state index contributed by atoms with van der Waals surface area (Å²) in [4.78, 5) is 4.27. The van der Waals surface area contributed by atoms with Gasteiger partial charge < -0.3 is 5.11 Å². The number of aliphatic hydroxyl groups excluding tert-OH is 1. The molecule has 0 radical (unpaired) electrons. The quantitative estimate of drug-likeness (QED) is 0.895. The van der Waals surface area contributed by atoms with E-state index in [0.29, 0.717) is 12.5 Å². The van der Waals surface area contributed by atoms with E-state index >= 15 is 0 Å². The van der Waals surface area contributed by atoms with Gasteiger partial charge in [-0.15, -0.1) is 5.11 Å². The molecule has 4 nitrogen and oxygen atoms in total. The third-order valence-electron chi connectivity index (χ3n) is 3.06. The maximum absolute atomic E-state index is 9.08. The lowest BCUT2D eigenvalue weighted by atomic mass is 9.98. The number of aliphatic imine (C=N–C) groups is 1. The molecule has 0 amide bonds. The summed E-state index contributed by atoms with van der Waals surface area (Å²) in [5.74, 6) is 0.682. The Morgan fingerprint density at radius 2 is 1.68 bits per heavy atom. The molecule has 0 bridgehead atoms. The third-order valence-corrected chi connectivity index (χ3v) is 3.06. The van der Waals surface area contributed by atoms with Crippen LogP contribution in [-0.4, -0.2) is 17.6 Å². The molecule has 0 saturated carbocycles. The Balaban J connectivity index is 2.06. The second-order valence-corrected chi connectivity index (χ2v) is 4.27. The number of azo groups is 1. The summed E-state index contributed by atoms with van der Waals surface area (Å²) < 4.78 is 0. The van der Waals surface area contributed by atoms with Gasteiger partial charge in [0.05, 0.1) is 6.61 Å². The van der Waals surface area contributed by atoms with Gasteiger partial charge in [0.1, 0.15) is 0 Å². The highest BCUT2D eigenvalue weighted by Crippen LogP contribution is 2.26. The Labute approximate surface area is 111 Å². The average Bonchev–Trinajstić information content (AvgIpc) is 3.01. The molecule has 94 valence electrons. The van der Waals surface area contributed by atoms with E-state index in [1.165, 1.54) is 0 Å². The van der Waals surface area contributed by atoms with Gasteiger partial charge >= 0.3 is 0 Å². The van der Waals surface area contributed by atoms with Crippen molar-refractivity contribution in [3.63, 3.8) is 0 Å². The van der Waals surface area contributed by atoms with Gasteiger partial charge in [0.25, 0.3) is 0 Å². The summed E-state index contributed by atoms with van der Waals surface area (Å²) in [5, 5.41) is 17.0. The SMILES string of the molecule is OCc1ccc(-c2ccccc2C2=NCN=N2)cc1. The molecule has 4 heteroatoms. The Morgan fingerprint density at radius 3 is 2.32 bits per heavy atom. The smallest absolute Gasteiger partial charge is 0.179 e. The average molecular weight is 251 g/mol. The van der Waals surface area contributed by atoms with Crippen molar-refractivity contribution >= 4 is 5.84 Å². The number of nitrogens with zero attached hydrogens (tertiary/aromatic N) is 3. The van der Waals surface area contributed by atoms with Crippen LogP contribution in [0.5, 0.6) is 0 Å². The molecule has 1 N–H and O–H groups in total. The molecule has 0 atom stereocenters. The van der Waals surface area contributed by atoms with E-state index in [2.05, 4.69) is 15.2 Å². The maximum atomic E-state index is 9.08. The third kappa shape index (κ3) is 2.30. The fourth-order valence-electron chi connectivity index (χ4n) is 2.09. The number of aliphatic hydroxyl groups is 1. The largest absolute Gasteiger partial charge is 0.392 e. The summed E-state index contributed by atoms with van der Waals surface area (Å²) in [6, 6.07) is 15.8. The fraction of sp³-hybridized carbons (Fsp3) is 0.133. The summed E-state index contributed by atoms with van der Waals surface area (Å²) >= 11 is 0.